The van der Waals surface area contributed by atoms with Crippen LogP contribution in [0.4, 0.5) is 11.4 Å². The molecule has 0 radical (unpaired) electrons. The van der Waals surface area contributed by atoms with Gasteiger partial charge in [0.15, 0.2) is 0 Å². The Bertz CT molecular complexity index is 572. The molecule has 20 heavy (non-hydrogen) atoms. The van der Waals surface area contributed by atoms with Crippen LogP contribution in [-0.2, 0) is 14.8 Å². The summed E-state index contributed by atoms with van der Waals surface area (Å²) in [4.78, 5) is 2.14. The van der Waals surface area contributed by atoms with Gasteiger partial charge < -0.3 is 15.4 Å². The van der Waals surface area contributed by atoms with E-state index in [-0.39, 0.29) is 11.0 Å². The number of sulfonamides is 1. The summed E-state index contributed by atoms with van der Waals surface area (Å²) in [6.07, 6.45) is 2.20. The van der Waals surface area contributed by atoms with Crippen LogP contribution in [0.1, 0.15) is 19.8 Å². The van der Waals surface area contributed by atoms with Gasteiger partial charge in [0.2, 0.25) is 10.0 Å². The Kier molecular flexibility index (Phi) is 4.52. The summed E-state index contributed by atoms with van der Waals surface area (Å²) < 4.78 is 28.6. The molecule has 1 fully saturated rings. The molecule has 1 aromatic carbocycles. The average Bonchev–Trinajstić information content (AvgIpc) is 2.38. The second kappa shape index (κ2) is 5.99. The Balaban J connectivity index is 2.26. The van der Waals surface area contributed by atoms with E-state index < -0.39 is 10.0 Å². The van der Waals surface area contributed by atoms with Crippen molar-refractivity contribution in [2.75, 3.05) is 30.3 Å². The molecule has 112 valence electrons. The lowest BCUT2D eigenvalue weighted by Gasteiger charge is -2.34. The van der Waals surface area contributed by atoms with Crippen LogP contribution in [0.25, 0.3) is 0 Å². The third-order valence-electron chi connectivity index (χ3n) is 3.39. The fourth-order valence-corrected chi connectivity index (χ4v) is 3.08. The number of ether oxygens (including phenoxy) is 1. The van der Waals surface area contributed by atoms with E-state index in [1.165, 1.54) is 6.07 Å². The number of anilines is 2. The number of nitrogen functional groups attached to an aromatic ring is 1. The second-order valence-electron chi connectivity index (χ2n) is 4.97. The van der Waals surface area contributed by atoms with Gasteiger partial charge >= 0.3 is 0 Å². The molecule has 0 bridgehead atoms. The standard InChI is InChI=1S/C13H21N3O3S/c1-2-19-12-4-3-5-16(9-12)11-6-10(14)7-13(8-11)20(15,17)18/h6-8,12H,2-5,9,14H2,1H3,(H2,15,17,18). The van der Waals surface area contributed by atoms with Gasteiger partial charge in [0.05, 0.1) is 11.0 Å². The van der Waals surface area contributed by atoms with E-state index in [0.29, 0.717) is 12.3 Å². The first-order valence-electron chi connectivity index (χ1n) is 6.70. The Morgan fingerprint density at radius 3 is 2.80 bits per heavy atom. The average molecular weight is 299 g/mol. The van der Waals surface area contributed by atoms with Crippen molar-refractivity contribution in [1.29, 1.82) is 0 Å². The minimum atomic E-state index is -3.75. The zero-order valence-electron chi connectivity index (χ0n) is 11.6. The molecule has 1 unspecified atom stereocenters. The molecule has 4 N–H and O–H groups in total. The summed E-state index contributed by atoms with van der Waals surface area (Å²) >= 11 is 0. The third-order valence-corrected chi connectivity index (χ3v) is 4.28. The molecule has 1 heterocycles. The summed E-state index contributed by atoms with van der Waals surface area (Å²) in [5.74, 6) is 0. The van der Waals surface area contributed by atoms with Gasteiger partial charge in [0.1, 0.15) is 0 Å². The van der Waals surface area contributed by atoms with Gasteiger partial charge in [-0.1, -0.05) is 0 Å². The maximum atomic E-state index is 11.5. The number of piperidine rings is 1. The summed E-state index contributed by atoms with van der Waals surface area (Å²) in [7, 11) is -3.75. The van der Waals surface area contributed by atoms with Crippen LogP contribution < -0.4 is 15.8 Å². The topological polar surface area (TPSA) is 98.7 Å². The van der Waals surface area contributed by atoms with Crippen LogP contribution in [-0.4, -0.2) is 34.2 Å². The van der Waals surface area contributed by atoms with Gasteiger partial charge in [0, 0.05) is 31.1 Å². The Labute approximate surface area is 119 Å². The molecule has 1 atom stereocenters. The van der Waals surface area contributed by atoms with Crippen molar-refractivity contribution in [3.63, 3.8) is 0 Å². The molecule has 1 aliphatic heterocycles. The number of nitrogens with zero attached hydrogens (tertiary/aromatic N) is 1. The highest BCUT2D eigenvalue weighted by Crippen LogP contribution is 2.26. The maximum absolute atomic E-state index is 11.5. The maximum Gasteiger partial charge on any atom is 0.238 e. The molecule has 0 saturated carbocycles. The van der Waals surface area contributed by atoms with E-state index in [9.17, 15) is 8.42 Å². The van der Waals surface area contributed by atoms with Crippen LogP contribution in [0.3, 0.4) is 0 Å². The molecule has 1 saturated heterocycles. The number of rotatable bonds is 4. The first-order valence-corrected chi connectivity index (χ1v) is 8.24. The molecule has 6 nitrogen and oxygen atoms in total. The van der Waals surface area contributed by atoms with Gasteiger partial charge in [-0.2, -0.15) is 0 Å². The summed E-state index contributed by atoms with van der Waals surface area (Å²) in [5, 5.41) is 5.17. The fraction of sp³-hybridized carbons (Fsp3) is 0.538. The van der Waals surface area contributed by atoms with Gasteiger partial charge in [0.25, 0.3) is 0 Å². The predicted molar refractivity (Wildman–Crippen MR) is 79.1 cm³/mol. The lowest BCUT2D eigenvalue weighted by atomic mass is 10.1. The minimum absolute atomic E-state index is 0.0473. The molecule has 0 aliphatic carbocycles. The molecule has 0 spiro atoms. The van der Waals surface area contributed by atoms with E-state index in [2.05, 4.69) is 4.90 Å². The van der Waals surface area contributed by atoms with Crippen LogP contribution in [0.2, 0.25) is 0 Å². The Morgan fingerprint density at radius 2 is 2.15 bits per heavy atom. The third kappa shape index (κ3) is 3.62. The Hall–Kier alpha value is -1.31. The fourth-order valence-electron chi connectivity index (χ4n) is 2.50. The first kappa shape index (κ1) is 15.1. The largest absolute Gasteiger partial charge is 0.399 e. The number of hydrogen-bond acceptors (Lipinski definition) is 5. The molecular weight excluding hydrogens is 278 g/mol. The van der Waals surface area contributed by atoms with Crippen LogP contribution in [0, 0.1) is 0 Å². The molecular formula is C13H21N3O3S. The lowest BCUT2D eigenvalue weighted by Crippen LogP contribution is -2.39. The monoisotopic (exact) mass is 299 g/mol. The Morgan fingerprint density at radius 1 is 1.40 bits per heavy atom. The normalized spacial score (nSPS) is 20.1. The molecule has 1 aromatic rings. The molecule has 0 amide bonds. The van der Waals surface area contributed by atoms with Crippen molar-refractivity contribution in [2.45, 2.75) is 30.8 Å². The van der Waals surface area contributed by atoms with Gasteiger partial charge in [-0.25, -0.2) is 13.6 Å². The highest BCUT2D eigenvalue weighted by Gasteiger charge is 2.21. The van der Waals surface area contributed by atoms with E-state index in [4.69, 9.17) is 15.6 Å². The number of hydrogen-bond donors (Lipinski definition) is 2. The number of primary sulfonamides is 1. The minimum Gasteiger partial charge on any atom is -0.399 e. The number of benzene rings is 1. The van der Waals surface area contributed by atoms with E-state index in [0.717, 1.165) is 31.6 Å². The van der Waals surface area contributed by atoms with Crippen molar-refractivity contribution in [1.82, 2.24) is 0 Å². The van der Waals surface area contributed by atoms with Crippen molar-refractivity contribution in [3.8, 4) is 0 Å². The van der Waals surface area contributed by atoms with Crippen molar-refractivity contribution in [3.05, 3.63) is 18.2 Å². The van der Waals surface area contributed by atoms with E-state index in [1.54, 1.807) is 12.1 Å². The molecule has 7 heteroatoms. The van der Waals surface area contributed by atoms with Crippen LogP contribution >= 0.6 is 0 Å². The molecule has 2 rings (SSSR count). The van der Waals surface area contributed by atoms with Gasteiger partial charge in [-0.05, 0) is 38.0 Å². The zero-order valence-corrected chi connectivity index (χ0v) is 12.4. The summed E-state index contributed by atoms with van der Waals surface area (Å²) in [6, 6.07) is 4.71. The smallest absolute Gasteiger partial charge is 0.238 e. The van der Waals surface area contributed by atoms with Crippen LogP contribution in [0.15, 0.2) is 23.1 Å². The summed E-state index contributed by atoms with van der Waals surface area (Å²) in [6.45, 7) is 4.24. The second-order valence-corrected chi connectivity index (χ2v) is 6.53. The molecule has 0 aromatic heterocycles. The first-order chi connectivity index (χ1) is 9.40. The molecule has 1 aliphatic rings. The highest BCUT2D eigenvalue weighted by atomic mass is 32.2. The quantitative estimate of drug-likeness (QED) is 0.806. The van der Waals surface area contributed by atoms with Crippen molar-refractivity contribution in [2.24, 2.45) is 5.14 Å². The van der Waals surface area contributed by atoms with Crippen LogP contribution in [0.5, 0.6) is 0 Å². The zero-order chi connectivity index (χ0) is 14.8. The van der Waals surface area contributed by atoms with E-state index >= 15 is 0 Å². The van der Waals surface area contributed by atoms with E-state index in [1.807, 2.05) is 6.92 Å². The summed E-state index contributed by atoms with van der Waals surface area (Å²) in [5.41, 5.74) is 6.95. The predicted octanol–water partition coefficient (Wildman–Crippen LogP) is 0.922. The van der Waals surface area contributed by atoms with Crippen molar-refractivity contribution < 1.29 is 13.2 Å². The van der Waals surface area contributed by atoms with Gasteiger partial charge in [-0.3, -0.25) is 0 Å². The lowest BCUT2D eigenvalue weighted by molar-refractivity contribution is 0.0526. The number of nitrogens with two attached hydrogens (primary N) is 2. The highest BCUT2D eigenvalue weighted by molar-refractivity contribution is 7.89. The SMILES string of the molecule is CCOC1CCCN(c2cc(N)cc(S(N)(=O)=O)c2)C1. The van der Waals surface area contributed by atoms with Gasteiger partial charge in [-0.15, -0.1) is 0 Å². The van der Waals surface area contributed by atoms with Crippen molar-refractivity contribution >= 4 is 21.4 Å².